The summed E-state index contributed by atoms with van der Waals surface area (Å²) in [5.41, 5.74) is -1.07. The Balaban J connectivity index is 2.31. The SMILES string of the molecule is O=C(O)[C@@]1([N+](=O)[O-])C[C@H]1c1ccccc1. The highest BCUT2D eigenvalue weighted by atomic mass is 16.6. The second kappa shape index (κ2) is 3.05. The van der Waals surface area contributed by atoms with Crippen LogP contribution in [0, 0.1) is 10.1 Å². The normalized spacial score (nSPS) is 28.4. The number of carboxylic acids is 1. The van der Waals surface area contributed by atoms with Crippen molar-refractivity contribution in [2.75, 3.05) is 0 Å². The highest BCUT2D eigenvalue weighted by Crippen LogP contribution is 2.53. The van der Waals surface area contributed by atoms with Crippen molar-refractivity contribution in [3.8, 4) is 0 Å². The van der Waals surface area contributed by atoms with Crippen molar-refractivity contribution in [1.29, 1.82) is 0 Å². The van der Waals surface area contributed by atoms with Crippen molar-refractivity contribution in [2.45, 2.75) is 17.9 Å². The third kappa shape index (κ3) is 1.27. The van der Waals surface area contributed by atoms with Gasteiger partial charge in [0.2, 0.25) is 0 Å². The lowest BCUT2D eigenvalue weighted by Gasteiger charge is -2.03. The van der Waals surface area contributed by atoms with Crippen molar-refractivity contribution in [3.05, 3.63) is 46.0 Å². The van der Waals surface area contributed by atoms with Gasteiger partial charge in [0, 0.05) is 11.3 Å². The van der Waals surface area contributed by atoms with Crippen LogP contribution in [0.2, 0.25) is 0 Å². The number of carbonyl (C=O) groups is 1. The van der Waals surface area contributed by atoms with Crippen LogP contribution in [-0.2, 0) is 4.79 Å². The van der Waals surface area contributed by atoms with E-state index in [1.54, 1.807) is 30.3 Å². The lowest BCUT2D eigenvalue weighted by Crippen LogP contribution is -2.33. The van der Waals surface area contributed by atoms with Gasteiger partial charge in [-0.15, -0.1) is 0 Å². The molecule has 5 heteroatoms. The number of nitrogens with zero attached hydrogens (tertiary/aromatic N) is 1. The van der Waals surface area contributed by atoms with E-state index < -0.39 is 22.3 Å². The molecule has 0 amide bonds. The maximum atomic E-state index is 10.9. The summed E-state index contributed by atoms with van der Waals surface area (Å²) in [6.07, 6.45) is 0.0827. The van der Waals surface area contributed by atoms with Crippen molar-refractivity contribution in [1.82, 2.24) is 0 Å². The number of hydrogen-bond donors (Lipinski definition) is 1. The molecule has 0 radical (unpaired) electrons. The zero-order valence-corrected chi connectivity index (χ0v) is 7.79. The first kappa shape index (κ1) is 9.64. The van der Waals surface area contributed by atoms with Crippen LogP contribution in [0.4, 0.5) is 0 Å². The summed E-state index contributed by atoms with van der Waals surface area (Å²) in [7, 11) is 0. The third-order valence-electron chi connectivity index (χ3n) is 2.83. The van der Waals surface area contributed by atoms with Crippen molar-refractivity contribution >= 4 is 5.97 Å². The van der Waals surface area contributed by atoms with Gasteiger partial charge in [-0.2, -0.15) is 0 Å². The summed E-state index contributed by atoms with van der Waals surface area (Å²) >= 11 is 0. The van der Waals surface area contributed by atoms with E-state index in [0.717, 1.165) is 5.56 Å². The first-order chi connectivity index (χ1) is 7.09. The van der Waals surface area contributed by atoms with E-state index in [2.05, 4.69) is 0 Å². The van der Waals surface area contributed by atoms with E-state index in [0.29, 0.717) is 0 Å². The van der Waals surface area contributed by atoms with Gasteiger partial charge < -0.3 is 5.11 Å². The van der Waals surface area contributed by atoms with Crippen LogP contribution in [0.25, 0.3) is 0 Å². The number of carboxylic acid groups (broad SMARTS) is 1. The molecule has 1 aliphatic carbocycles. The summed E-state index contributed by atoms with van der Waals surface area (Å²) < 4.78 is 0. The van der Waals surface area contributed by atoms with Gasteiger partial charge in [0.25, 0.3) is 0 Å². The molecule has 0 bridgehead atoms. The van der Waals surface area contributed by atoms with Gasteiger partial charge in [0.15, 0.2) is 0 Å². The number of aliphatic carboxylic acids is 1. The molecule has 1 aromatic rings. The Morgan fingerprint density at radius 2 is 2.07 bits per heavy atom. The number of benzene rings is 1. The molecule has 0 heterocycles. The van der Waals surface area contributed by atoms with Gasteiger partial charge >= 0.3 is 11.5 Å². The first-order valence-corrected chi connectivity index (χ1v) is 4.52. The standard InChI is InChI=1S/C10H9NO4/c12-9(13)10(11(14)15)6-8(10)7-4-2-1-3-5-7/h1-5,8H,6H2,(H,12,13)/t8-,10+/m0/s1. The molecule has 5 nitrogen and oxygen atoms in total. The Labute approximate surface area is 85.5 Å². The maximum absolute atomic E-state index is 10.9. The molecule has 1 aliphatic rings. The van der Waals surface area contributed by atoms with Gasteiger partial charge in [0.1, 0.15) is 0 Å². The summed E-state index contributed by atoms with van der Waals surface area (Å²) in [4.78, 5) is 20.9. The lowest BCUT2D eigenvalue weighted by molar-refractivity contribution is -0.526. The largest absolute Gasteiger partial charge is 0.476 e. The van der Waals surface area contributed by atoms with Crippen LogP contribution in [0.5, 0.6) is 0 Å². The smallest absolute Gasteiger partial charge is 0.383 e. The summed E-state index contributed by atoms with van der Waals surface area (Å²) in [6.45, 7) is 0. The maximum Gasteiger partial charge on any atom is 0.383 e. The second-order valence-corrected chi connectivity index (χ2v) is 3.65. The quantitative estimate of drug-likeness (QED) is 0.597. The minimum atomic E-state index is -1.79. The van der Waals surface area contributed by atoms with E-state index in [1.807, 2.05) is 0 Å². The monoisotopic (exact) mass is 207 g/mol. The molecular weight excluding hydrogens is 198 g/mol. The molecule has 0 spiro atoms. The fourth-order valence-corrected chi connectivity index (χ4v) is 1.85. The van der Waals surface area contributed by atoms with Gasteiger partial charge in [-0.05, 0) is 5.56 Å². The molecular formula is C10H9NO4. The Bertz CT molecular complexity index is 401. The lowest BCUT2D eigenvalue weighted by atomic mass is 10.1. The molecule has 15 heavy (non-hydrogen) atoms. The minimum absolute atomic E-state index is 0.0827. The van der Waals surface area contributed by atoms with Gasteiger partial charge in [-0.3, -0.25) is 10.1 Å². The van der Waals surface area contributed by atoms with E-state index in [-0.39, 0.29) is 6.42 Å². The summed E-state index contributed by atoms with van der Waals surface area (Å²) in [6, 6.07) is 8.73. The van der Waals surface area contributed by atoms with Crippen molar-refractivity contribution in [2.24, 2.45) is 0 Å². The van der Waals surface area contributed by atoms with E-state index >= 15 is 0 Å². The van der Waals surface area contributed by atoms with Crippen molar-refractivity contribution < 1.29 is 14.8 Å². The highest BCUT2D eigenvalue weighted by molar-refractivity contribution is 5.83. The van der Waals surface area contributed by atoms with Gasteiger partial charge in [-0.1, -0.05) is 30.3 Å². The Morgan fingerprint density at radius 3 is 2.47 bits per heavy atom. The molecule has 0 unspecified atom stereocenters. The van der Waals surface area contributed by atoms with Crippen LogP contribution in [0.3, 0.4) is 0 Å². The second-order valence-electron chi connectivity index (χ2n) is 3.65. The molecule has 1 fully saturated rings. The molecule has 0 aliphatic heterocycles. The zero-order chi connectivity index (χ0) is 11.1. The predicted octanol–water partition coefficient (Wildman–Crippen LogP) is 1.27. The van der Waals surface area contributed by atoms with Gasteiger partial charge in [0.05, 0.1) is 5.92 Å². The summed E-state index contributed by atoms with van der Waals surface area (Å²) in [5, 5.41) is 19.6. The van der Waals surface area contributed by atoms with Crippen LogP contribution in [0.15, 0.2) is 30.3 Å². The highest BCUT2D eigenvalue weighted by Gasteiger charge is 2.73. The molecule has 1 saturated carbocycles. The predicted molar refractivity (Wildman–Crippen MR) is 51.2 cm³/mol. The number of rotatable bonds is 3. The molecule has 2 rings (SSSR count). The average molecular weight is 207 g/mol. The first-order valence-electron chi connectivity index (χ1n) is 4.52. The average Bonchev–Trinajstić information content (AvgIpc) is 2.95. The molecule has 2 atom stereocenters. The minimum Gasteiger partial charge on any atom is -0.476 e. The molecule has 0 saturated heterocycles. The fourth-order valence-electron chi connectivity index (χ4n) is 1.85. The van der Waals surface area contributed by atoms with E-state index in [1.165, 1.54) is 0 Å². The van der Waals surface area contributed by atoms with Gasteiger partial charge in [-0.25, -0.2) is 4.79 Å². The number of nitro groups is 1. The molecule has 78 valence electrons. The van der Waals surface area contributed by atoms with Crippen LogP contribution in [0.1, 0.15) is 17.9 Å². The zero-order valence-electron chi connectivity index (χ0n) is 7.79. The Morgan fingerprint density at radius 1 is 1.47 bits per heavy atom. The topological polar surface area (TPSA) is 80.4 Å². The third-order valence-corrected chi connectivity index (χ3v) is 2.83. The van der Waals surface area contributed by atoms with Crippen LogP contribution in [-0.4, -0.2) is 21.5 Å². The molecule has 0 aromatic heterocycles. The van der Waals surface area contributed by atoms with E-state index in [9.17, 15) is 14.9 Å². The van der Waals surface area contributed by atoms with Crippen molar-refractivity contribution in [3.63, 3.8) is 0 Å². The molecule has 1 aromatic carbocycles. The van der Waals surface area contributed by atoms with Crippen LogP contribution < -0.4 is 0 Å². The fraction of sp³-hybridized carbons (Fsp3) is 0.300. The van der Waals surface area contributed by atoms with E-state index in [4.69, 9.17) is 5.11 Å². The Hall–Kier alpha value is -1.91. The number of hydrogen-bond acceptors (Lipinski definition) is 3. The summed E-state index contributed by atoms with van der Waals surface area (Å²) in [5.74, 6) is -1.84. The van der Waals surface area contributed by atoms with Crippen LogP contribution >= 0.6 is 0 Å². The Kier molecular flexibility index (Phi) is 1.96. The molecule has 1 N–H and O–H groups in total.